The first-order valence-corrected chi connectivity index (χ1v) is 9.93. The summed E-state index contributed by atoms with van der Waals surface area (Å²) < 4.78 is 84.5. The van der Waals surface area contributed by atoms with Crippen LogP contribution < -0.4 is 0 Å². The zero-order valence-corrected chi connectivity index (χ0v) is 17.8. The minimum atomic E-state index is -4.97. The number of halogens is 6. The third kappa shape index (κ3) is 3.17. The van der Waals surface area contributed by atoms with Gasteiger partial charge in [0.25, 0.3) is 11.4 Å². The largest absolute Gasteiger partial charge is 0.416 e. The highest BCUT2D eigenvalue weighted by Crippen LogP contribution is 2.52. The number of rotatable bonds is 0. The molecular weight excluding hydrogens is 498 g/mol. The molecule has 0 fully saturated rings. The van der Waals surface area contributed by atoms with E-state index >= 15 is 4.39 Å². The number of hydrogen-bond acceptors (Lipinski definition) is 4. The van der Waals surface area contributed by atoms with Gasteiger partial charge in [-0.2, -0.15) is 13.2 Å². The van der Waals surface area contributed by atoms with Crippen molar-refractivity contribution in [1.82, 2.24) is 9.97 Å². The van der Waals surface area contributed by atoms with Crippen molar-refractivity contribution in [2.24, 2.45) is 0 Å². The highest BCUT2D eigenvalue weighted by Gasteiger charge is 2.41. The van der Waals surface area contributed by atoms with Crippen LogP contribution in [0.15, 0.2) is 35.7 Å². The molecule has 37 heavy (non-hydrogen) atoms. The maximum absolute atomic E-state index is 15.2. The van der Waals surface area contributed by atoms with E-state index < -0.39 is 57.3 Å². The Kier molecular flexibility index (Phi) is 4.89. The van der Waals surface area contributed by atoms with Crippen molar-refractivity contribution in [1.29, 1.82) is 10.5 Å². The van der Waals surface area contributed by atoms with Gasteiger partial charge in [-0.15, -0.1) is 0 Å². The Balaban J connectivity index is 1.97. The molecule has 0 atom stereocenters. The van der Waals surface area contributed by atoms with Gasteiger partial charge >= 0.3 is 6.18 Å². The Morgan fingerprint density at radius 2 is 1.19 bits per heavy atom. The molecule has 0 unspecified atom stereocenters. The first-order valence-electron chi connectivity index (χ1n) is 9.93. The van der Waals surface area contributed by atoms with Gasteiger partial charge < -0.3 is 0 Å². The molecule has 0 spiro atoms. The fourth-order valence-electron chi connectivity index (χ4n) is 4.36. The van der Waals surface area contributed by atoms with Crippen LogP contribution in [0.4, 0.5) is 26.3 Å². The monoisotopic (exact) mass is 502 g/mol. The number of alkyl halides is 3. The summed E-state index contributed by atoms with van der Waals surface area (Å²) in [5.41, 5.74) is -6.43. The van der Waals surface area contributed by atoms with E-state index in [4.69, 9.17) is 13.1 Å². The Hall–Kier alpha value is -5.46. The molecule has 0 aliphatic heterocycles. The number of nitrogens with zero attached hydrogens (tertiary/aromatic N) is 6. The van der Waals surface area contributed by atoms with Gasteiger partial charge in [0.1, 0.15) is 17.5 Å². The summed E-state index contributed by atoms with van der Waals surface area (Å²) >= 11 is 0. The van der Waals surface area contributed by atoms with Crippen molar-refractivity contribution in [2.45, 2.75) is 6.18 Å². The highest BCUT2D eigenvalue weighted by atomic mass is 19.4. The summed E-state index contributed by atoms with van der Waals surface area (Å²) in [4.78, 5) is 14.6. The zero-order valence-electron chi connectivity index (χ0n) is 17.8. The van der Waals surface area contributed by atoms with E-state index in [1.807, 2.05) is 0 Å². The van der Waals surface area contributed by atoms with Gasteiger partial charge in [-0.25, -0.2) is 43.4 Å². The smallest absolute Gasteiger partial charge is 0.244 e. The van der Waals surface area contributed by atoms with Crippen LogP contribution in [0, 0.1) is 53.3 Å². The lowest BCUT2D eigenvalue weighted by Crippen LogP contribution is -2.06. The van der Waals surface area contributed by atoms with Crippen LogP contribution in [0.2, 0.25) is 0 Å². The number of allylic oxidation sites excluding steroid dienone is 2. The number of nitriles is 2. The molecule has 12 heteroatoms. The van der Waals surface area contributed by atoms with E-state index in [2.05, 4.69) is 19.7 Å². The van der Waals surface area contributed by atoms with Crippen LogP contribution in [0.5, 0.6) is 0 Å². The lowest BCUT2D eigenvalue weighted by Gasteiger charge is -2.10. The topological polar surface area (TPSA) is 82.1 Å². The van der Waals surface area contributed by atoms with E-state index in [1.165, 1.54) is 0 Å². The second-order valence-electron chi connectivity index (χ2n) is 7.70. The molecule has 2 aliphatic carbocycles. The van der Waals surface area contributed by atoms with Gasteiger partial charge in [0.2, 0.25) is 0 Å². The molecule has 5 rings (SSSR count). The van der Waals surface area contributed by atoms with Crippen molar-refractivity contribution < 1.29 is 26.3 Å². The van der Waals surface area contributed by atoms with Crippen molar-refractivity contribution >= 4 is 11.1 Å². The minimum Gasteiger partial charge on any atom is -0.244 e. The van der Waals surface area contributed by atoms with Gasteiger partial charge in [0.05, 0.1) is 53.6 Å². The molecule has 1 aromatic heterocycles. The fraction of sp³-hybridized carbons (Fsp3) is 0.0400. The van der Waals surface area contributed by atoms with E-state index in [9.17, 15) is 32.5 Å². The Morgan fingerprint density at radius 3 is 1.62 bits per heavy atom. The maximum Gasteiger partial charge on any atom is 0.416 e. The van der Waals surface area contributed by atoms with Crippen molar-refractivity contribution in [3.63, 3.8) is 0 Å². The highest BCUT2D eigenvalue weighted by molar-refractivity contribution is 6.06. The van der Waals surface area contributed by atoms with Crippen LogP contribution >= 0.6 is 0 Å². The van der Waals surface area contributed by atoms with Gasteiger partial charge in [-0.1, -0.05) is 0 Å². The summed E-state index contributed by atoms with van der Waals surface area (Å²) in [6, 6.07) is 5.28. The molecule has 0 radical (unpaired) electrons. The number of aromatic nitrogens is 2. The quantitative estimate of drug-likeness (QED) is 0.142. The summed E-state index contributed by atoms with van der Waals surface area (Å²) in [6.45, 7) is 14.6. The summed E-state index contributed by atoms with van der Waals surface area (Å²) in [5.74, 6) is -3.56. The second kappa shape index (κ2) is 7.78. The molecule has 6 nitrogen and oxygen atoms in total. The van der Waals surface area contributed by atoms with E-state index in [0.717, 1.165) is 6.07 Å². The lowest BCUT2D eigenvalue weighted by molar-refractivity contribution is -0.137. The molecule has 2 aromatic carbocycles. The SMILES string of the molecule is [C-]#[N+]/C(C#N)=C1/c2cc(C(F)(F)F)cc(F)c2-c2nc3c(nc21)-c1c(F)cc(F)cc1/C3=C(/C#N)[N+]#[C-]. The van der Waals surface area contributed by atoms with E-state index in [-0.39, 0.29) is 45.5 Å². The molecule has 0 amide bonds. The molecule has 176 valence electrons. The van der Waals surface area contributed by atoms with Crippen LogP contribution in [0.1, 0.15) is 28.1 Å². The normalized spacial score (nSPS) is 15.3. The Labute approximate surface area is 203 Å². The second-order valence-corrected chi connectivity index (χ2v) is 7.70. The van der Waals surface area contributed by atoms with Gasteiger partial charge in [-0.05, 0) is 29.3 Å². The number of benzene rings is 2. The Morgan fingerprint density at radius 1 is 0.730 bits per heavy atom. The predicted molar refractivity (Wildman–Crippen MR) is 114 cm³/mol. The third-order valence-electron chi connectivity index (χ3n) is 5.76. The molecule has 3 aromatic rings. The maximum atomic E-state index is 15.2. The summed E-state index contributed by atoms with van der Waals surface area (Å²) in [6.07, 6.45) is -4.97. The van der Waals surface area contributed by atoms with E-state index in [0.29, 0.717) is 12.1 Å². The molecule has 2 aliphatic rings. The van der Waals surface area contributed by atoms with Gasteiger partial charge in [0, 0.05) is 28.3 Å². The third-order valence-corrected chi connectivity index (χ3v) is 5.76. The van der Waals surface area contributed by atoms with Crippen LogP contribution in [-0.2, 0) is 6.18 Å². The molecule has 0 saturated carbocycles. The molecule has 1 heterocycles. The van der Waals surface area contributed by atoms with Gasteiger partial charge in [-0.3, -0.25) is 0 Å². The lowest BCUT2D eigenvalue weighted by atomic mass is 10.0. The average Bonchev–Trinajstić information content (AvgIpc) is 3.32. The molecular formula is C25H4F6N6. The van der Waals surface area contributed by atoms with Crippen molar-refractivity contribution in [2.75, 3.05) is 0 Å². The minimum absolute atomic E-state index is 0.213. The number of hydrogen-bond donors (Lipinski definition) is 0. The molecule has 0 bridgehead atoms. The summed E-state index contributed by atoms with van der Waals surface area (Å²) in [7, 11) is 0. The fourth-order valence-corrected chi connectivity index (χ4v) is 4.36. The first-order chi connectivity index (χ1) is 17.5. The van der Waals surface area contributed by atoms with Gasteiger partial charge in [0.15, 0.2) is 0 Å². The van der Waals surface area contributed by atoms with Crippen molar-refractivity contribution in [3.05, 3.63) is 104 Å². The molecule has 0 saturated heterocycles. The standard InChI is InChI=1S/C25H4F6N6/c1-34-15(7-32)19-11-3-9(25(29,30)31)4-13(27)17(11)21-23(19)37-22-18-12(5-10(26)6-14(18)28)20(24(22)36-21)16(8-33)35-2/h3-6H/b19-15-,20-16+. The Bertz CT molecular complexity index is 1810. The molecule has 0 N–H and O–H groups in total. The van der Waals surface area contributed by atoms with Crippen molar-refractivity contribution in [3.8, 4) is 34.7 Å². The summed E-state index contributed by atoms with van der Waals surface area (Å²) in [5, 5.41) is 18.9. The van der Waals surface area contributed by atoms with Crippen LogP contribution in [-0.4, -0.2) is 9.97 Å². The van der Waals surface area contributed by atoms with Crippen LogP contribution in [0.3, 0.4) is 0 Å². The van der Waals surface area contributed by atoms with E-state index in [1.54, 1.807) is 12.1 Å². The zero-order chi connectivity index (χ0) is 26.8. The predicted octanol–water partition coefficient (Wildman–Crippen LogP) is 6.28. The van der Waals surface area contributed by atoms with Crippen LogP contribution in [0.25, 0.3) is 43.4 Å². The first kappa shape index (κ1) is 23.3. The average molecular weight is 502 g/mol. The number of fused-ring (bicyclic) bond motifs is 6.